The highest BCUT2D eigenvalue weighted by atomic mass is 35.5. The standard InChI is InChI=1S/C21H18ClF2N3O4/c1-30-19-14(20(28)31-2)8-11-6-13(22)7-12(18(11)27-19)9-25-21(29)26-10-15-16(23)4-3-5-17(15)24/h3-8H,9-10H2,1-2H3,(H2,25,26,29). The zero-order valence-corrected chi connectivity index (χ0v) is 17.3. The summed E-state index contributed by atoms with van der Waals surface area (Å²) in [4.78, 5) is 28.4. The van der Waals surface area contributed by atoms with Crippen molar-refractivity contribution in [3.05, 3.63) is 69.7 Å². The lowest BCUT2D eigenvalue weighted by Gasteiger charge is -2.13. The molecule has 10 heteroatoms. The van der Waals surface area contributed by atoms with Gasteiger partial charge < -0.3 is 20.1 Å². The zero-order chi connectivity index (χ0) is 22.5. The van der Waals surface area contributed by atoms with E-state index >= 15 is 0 Å². The first kappa shape index (κ1) is 22.2. The van der Waals surface area contributed by atoms with E-state index in [9.17, 15) is 18.4 Å². The van der Waals surface area contributed by atoms with E-state index in [0.717, 1.165) is 12.1 Å². The number of benzene rings is 2. The van der Waals surface area contributed by atoms with Crippen LogP contribution in [-0.4, -0.2) is 31.2 Å². The predicted molar refractivity (Wildman–Crippen MR) is 110 cm³/mol. The van der Waals surface area contributed by atoms with E-state index in [1.807, 2.05) is 0 Å². The number of methoxy groups -OCH3 is 2. The van der Waals surface area contributed by atoms with Crippen LogP contribution in [0, 0.1) is 11.6 Å². The normalized spacial score (nSPS) is 10.6. The Labute approximate surface area is 181 Å². The number of carbonyl (C=O) groups excluding carboxylic acids is 2. The first-order valence-corrected chi connectivity index (χ1v) is 9.42. The number of hydrogen-bond acceptors (Lipinski definition) is 5. The van der Waals surface area contributed by atoms with Gasteiger partial charge in [0.05, 0.1) is 26.3 Å². The molecule has 7 nitrogen and oxygen atoms in total. The summed E-state index contributed by atoms with van der Waals surface area (Å²) >= 11 is 6.17. The van der Waals surface area contributed by atoms with E-state index in [0.29, 0.717) is 21.5 Å². The van der Waals surface area contributed by atoms with Gasteiger partial charge in [0.25, 0.3) is 0 Å². The van der Waals surface area contributed by atoms with Crippen molar-refractivity contribution in [1.82, 2.24) is 15.6 Å². The van der Waals surface area contributed by atoms with Crippen LogP contribution in [0.3, 0.4) is 0 Å². The molecular formula is C21H18ClF2N3O4. The van der Waals surface area contributed by atoms with Crippen molar-refractivity contribution in [1.29, 1.82) is 0 Å². The van der Waals surface area contributed by atoms with E-state index in [-0.39, 0.29) is 30.1 Å². The monoisotopic (exact) mass is 449 g/mol. The Balaban J connectivity index is 1.79. The highest BCUT2D eigenvalue weighted by molar-refractivity contribution is 6.31. The molecule has 0 bridgehead atoms. The van der Waals surface area contributed by atoms with Crippen LogP contribution < -0.4 is 15.4 Å². The second kappa shape index (κ2) is 9.57. The Morgan fingerprint density at radius 2 is 1.74 bits per heavy atom. The minimum absolute atomic E-state index is 0.0103. The molecule has 2 N–H and O–H groups in total. The van der Waals surface area contributed by atoms with Crippen molar-refractivity contribution < 1.29 is 27.8 Å². The highest BCUT2D eigenvalue weighted by Crippen LogP contribution is 2.28. The molecule has 0 radical (unpaired) electrons. The molecule has 162 valence electrons. The van der Waals surface area contributed by atoms with Crippen LogP contribution in [0.15, 0.2) is 36.4 Å². The van der Waals surface area contributed by atoms with E-state index in [4.69, 9.17) is 21.1 Å². The molecule has 0 saturated carbocycles. The van der Waals surface area contributed by atoms with Crippen LogP contribution in [0.2, 0.25) is 5.02 Å². The predicted octanol–water partition coefficient (Wildman–Crippen LogP) is 3.96. The van der Waals surface area contributed by atoms with Gasteiger partial charge in [-0.25, -0.2) is 23.4 Å². The Morgan fingerprint density at radius 3 is 2.39 bits per heavy atom. The van der Waals surface area contributed by atoms with Crippen LogP contribution >= 0.6 is 11.6 Å². The molecule has 31 heavy (non-hydrogen) atoms. The molecule has 1 aromatic heterocycles. The van der Waals surface area contributed by atoms with Crippen LogP contribution in [0.1, 0.15) is 21.5 Å². The van der Waals surface area contributed by atoms with Gasteiger partial charge in [0.2, 0.25) is 5.88 Å². The van der Waals surface area contributed by atoms with Crippen molar-refractivity contribution >= 4 is 34.5 Å². The number of amides is 2. The molecule has 0 aliphatic carbocycles. The summed E-state index contributed by atoms with van der Waals surface area (Å²) < 4.78 is 37.3. The van der Waals surface area contributed by atoms with Gasteiger partial charge in [-0.2, -0.15) is 0 Å². The topological polar surface area (TPSA) is 89.5 Å². The summed E-state index contributed by atoms with van der Waals surface area (Å²) in [5.74, 6) is -2.06. The van der Waals surface area contributed by atoms with E-state index in [1.54, 1.807) is 12.1 Å². The first-order chi connectivity index (χ1) is 14.8. The molecule has 3 rings (SSSR count). The van der Waals surface area contributed by atoms with Crippen molar-refractivity contribution in [2.24, 2.45) is 0 Å². The number of ether oxygens (including phenoxy) is 2. The summed E-state index contributed by atoms with van der Waals surface area (Å²) in [7, 11) is 2.61. The summed E-state index contributed by atoms with van der Waals surface area (Å²) in [6.07, 6.45) is 0. The van der Waals surface area contributed by atoms with Crippen molar-refractivity contribution in [3.63, 3.8) is 0 Å². The number of nitrogens with one attached hydrogen (secondary N) is 2. The Hall–Kier alpha value is -3.46. The van der Waals surface area contributed by atoms with Gasteiger partial charge in [0.1, 0.15) is 17.2 Å². The molecule has 0 saturated heterocycles. The highest BCUT2D eigenvalue weighted by Gasteiger charge is 2.18. The second-order valence-electron chi connectivity index (χ2n) is 6.41. The molecule has 0 spiro atoms. The number of carbonyl (C=O) groups is 2. The summed E-state index contributed by atoms with van der Waals surface area (Å²) in [6.45, 7) is -0.314. The summed E-state index contributed by atoms with van der Waals surface area (Å²) in [5.41, 5.74) is 0.884. The van der Waals surface area contributed by atoms with Crippen LogP contribution in [0.4, 0.5) is 13.6 Å². The lowest BCUT2D eigenvalue weighted by molar-refractivity contribution is 0.0596. The number of nitrogens with zero attached hydrogens (tertiary/aromatic N) is 1. The average molecular weight is 450 g/mol. The third-order valence-corrected chi connectivity index (χ3v) is 4.67. The molecule has 2 aromatic carbocycles. The zero-order valence-electron chi connectivity index (χ0n) is 16.6. The molecule has 0 unspecified atom stereocenters. The number of pyridine rings is 1. The summed E-state index contributed by atoms with van der Waals surface area (Å²) in [6, 6.07) is 7.56. The van der Waals surface area contributed by atoms with E-state index < -0.39 is 23.6 Å². The Kier molecular flexibility index (Phi) is 6.86. The smallest absolute Gasteiger partial charge is 0.343 e. The summed E-state index contributed by atoms with van der Waals surface area (Å²) in [5, 5.41) is 5.89. The number of halogens is 3. The molecule has 1 heterocycles. The van der Waals surface area contributed by atoms with Gasteiger partial charge in [0, 0.05) is 22.5 Å². The number of esters is 1. The maximum atomic E-state index is 13.7. The number of aromatic nitrogens is 1. The maximum Gasteiger partial charge on any atom is 0.343 e. The molecule has 0 fully saturated rings. The van der Waals surface area contributed by atoms with Gasteiger partial charge in [-0.1, -0.05) is 17.7 Å². The minimum Gasteiger partial charge on any atom is -0.480 e. The number of fused-ring (bicyclic) bond motifs is 1. The van der Waals surface area contributed by atoms with Gasteiger partial charge in [-0.15, -0.1) is 0 Å². The second-order valence-corrected chi connectivity index (χ2v) is 6.85. The third-order valence-electron chi connectivity index (χ3n) is 4.45. The number of rotatable bonds is 6. The van der Waals surface area contributed by atoms with E-state index in [1.165, 1.54) is 26.4 Å². The first-order valence-electron chi connectivity index (χ1n) is 9.04. The van der Waals surface area contributed by atoms with Gasteiger partial charge in [-0.3, -0.25) is 0 Å². The third kappa shape index (κ3) is 5.00. The molecular weight excluding hydrogens is 432 g/mol. The lowest BCUT2D eigenvalue weighted by atomic mass is 10.1. The minimum atomic E-state index is -0.751. The fourth-order valence-corrected chi connectivity index (χ4v) is 3.21. The van der Waals surface area contributed by atoms with Crippen LogP contribution in [-0.2, 0) is 17.8 Å². The molecule has 0 atom stereocenters. The van der Waals surface area contributed by atoms with E-state index in [2.05, 4.69) is 15.6 Å². The maximum absolute atomic E-state index is 13.7. The quantitative estimate of drug-likeness (QED) is 0.556. The van der Waals surface area contributed by atoms with Crippen molar-refractivity contribution in [3.8, 4) is 5.88 Å². The Bertz CT molecular complexity index is 1140. The van der Waals surface area contributed by atoms with Crippen LogP contribution in [0.5, 0.6) is 5.88 Å². The number of urea groups is 1. The molecule has 3 aromatic rings. The molecule has 0 aliphatic rings. The number of hydrogen-bond donors (Lipinski definition) is 2. The fourth-order valence-electron chi connectivity index (χ4n) is 2.96. The average Bonchev–Trinajstić information content (AvgIpc) is 2.75. The van der Waals surface area contributed by atoms with Gasteiger partial charge >= 0.3 is 12.0 Å². The van der Waals surface area contributed by atoms with Crippen molar-refractivity contribution in [2.75, 3.05) is 14.2 Å². The molecule has 0 aliphatic heterocycles. The largest absolute Gasteiger partial charge is 0.480 e. The van der Waals surface area contributed by atoms with Gasteiger partial charge in [0.15, 0.2) is 0 Å². The SMILES string of the molecule is COC(=O)c1cc2cc(Cl)cc(CNC(=O)NCc3c(F)cccc3F)c2nc1OC. The Morgan fingerprint density at radius 1 is 1.06 bits per heavy atom. The van der Waals surface area contributed by atoms with Crippen molar-refractivity contribution in [2.45, 2.75) is 13.1 Å². The van der Waals surface area contributed by atoms with Crippen LogP contribution in [0.25, 0.3) is 10.9 Å². The lowest BCUT2D eigenvalue weighted by Crippen LogP contribution is -2.35. The fraction of sp³-hybridized carbons (Fsp3) is 0.190. The van der Waals surface area contributed by atoms with Gasteiger partial charge in [-0.05, 0) is 35.9 Å². The molecule has 2 amide bonds.